The van der Waals surface area contributed by atoms with Crippen LogP contribution in [0.4, 0.5) is 0 Å². The molecule has 0 aliphatic carbocycles. The number of sulfonamides is 1. The van der Waals surface area contributed by atoms with Crippen LogP contribution >= 0.6 is 24.0 Å². The Hall–Kier alpha value is -0.630. The van der Waals surface area contributed by atoms with Crippen LogP contribution in [0.2, 0.25) is 0 Å². The monoisotopic (exact) mass is 330 g/mol. The van der Waals surface area contributed by atoms with E-state index in [-0.39, 0.29) is 15.9 Å². The Balaban J connectivity index is 2.28. The van der Waals surface area contributed by atoms with Gasteiger partial charge in [-0.15, -0.1) is 0 Å². The summed E-state index contributed by atoms with van der Waals surface area (Å²) in [4.78, 5) is 0.466. The molecule has 0 radical (unpaired) electrons. The molecular weight excluding hydrogens is 312 g/mol. The van der Waals surface area contributed by atoms with Gasteiger partial charge in [0.05, 0.1) is 4.90 Å². The van der Waals surface area contributed by atoms with Crippen LogP contribution in [0.3, 0.4) is 0 Å². The van der Waals surface area contributed by atoms with Crippen molar-refractivity contribution in [2.45, 2.75) is 30.7 Å². The third kappa shape index (κ3) is 3.72. The van der Waals surface area contributed by atoms with Crippen LogP contribution in [0.15, 0.2) is 23.1 Å². The van der Waals surface area contributed by atoms with Gasteiger partial charge in [-0.3, -0.25) is 0 Å². The van der Waals surface area contributed by atoms with Gasteiger partial charge in [0.2, 0.25) is 10.0 Å². The molecule has 1 aliphatic rings. The highest BCUT2D eigenvalue weighted by Crippen LogP contribution is 2.21. The van der Waals surface area contributed by atoms with Gasteiger partial charge in [-0.1, -0.05) is 24.4 Å². The maximum atomic E-state index is 12.5. The van der Waals surface area contributed by atoms with Crippen molar-refractivity contribution in [2.75, 3.05) is 11.5 Å². The first-order valence-corrected chi connectivity index (χ1v) is 9.45. The lowest BCUT2D eigenvalue weighted by Gasteiger charge is -2.23. The maximum Gasteiger partial charge on any atom is 0.241 e. The molecule has 1 unspecified atom stereocenters. The topological polar surface area (TPSA) is 72.2 Å². The van der Waals surface area contributed by atoms with Gasteiger partial charge in [-0.25, -0.2) is 13.1 Å². The zero-order valence-corrected chi connectivity index (χ0v) is 13.7. The fraction of sp³-hybridized carbons (Fsp3) is 0.462. The van der Waals surface area contributed by atoms with Crippen molar-refractivity contribution in [3.63, 3.8) is 0 Å². The Morgan fingerprint density at radius 1 is 1.50 bits per heavy atom. The molecule has 1 atom stereocenters. The SMILES string of the molecule is Cc1ccc(C(N)=S)cc1S(=O)(=O)NC1CCCSC1. The van der Waals surface area contributed by atoms with E-state index in [0.717, 1.165) is 24.3 Å². The second-order valence-corrected chi connectivity index (χ2v) is 8.15. The molecule has 1 saturated heterocycles. The summed E-state index contributed by atoms with van der Waals surface area (Å²) in [5, 5.41) is 0. The van der Waals surface area contributed by atoms with E-state index in [4.69, 9.17) is 18.0 Å². The van der Waals surface area contributed by atoms with E-state index < -0.39 is 10.0 Å². The van der Waals surface area contributed by atoms with Gasteiger partial charge >= 0.3 is 0 Å². The minimum Gasteiger partial charge on any atom is -0.389 e. The highest BCUT2D eigenvalue weighted by Gasteiger charge is 2.23. The molecule has 0 bridgehead atoms. The molecule has 1 aromatic rings. The molecule has 1 heterocycles. The first-order chi connectivity index (χ1) is 9.40. The van der Waals surface area contributed by atoms with Crippen molar-refractivity contribution >= 4 is 39.0 Å². The van der Waals surface area contributed by atoms with Gasteiger partial charge in [-0.2, -0.15) is 11.8 Å². The third-order valence-electron chi connectivity index (χ3n) is 3.24. The number of nitrogens with one attached hydrogen (secondary N) is 1. The van der Waals surface area contributed by atoms with Crippen molar-refractivity contribution in [3.8, 4) is 0 Å². The molecule has 1 aromatic carbocycles. The van der Waals surface area contributed by atoms with E-state index >= 15 is 0 Å². The zero-order chi connectivity index (χ0) is 14.8. The number of rotatable bonds is 4. The zero-order valence-electron chi connectivity index (χ0n) is 11.3. The highest BCUT2D eigenvalue weighted by atomic mass is 32.2. The number of aryl methyl sites for hydroxylation is 1. The number of thioether (sulfide) groups is 1. The summed E-state index contributed by atoms with van der Waals surface area (Å²) < 4.78 is 27.8. The molecule has 1 fully saturated rings. The average Bonchev–Trinajstić information content (AvgIpc) is 2.39. The molecule has 1 aliphatic heterocycles. The second-order valence-electron chi connectivity index (χ2n) is 4.88. The quantitative estimate of drug-likeness (QED) is 0.824. The standard InChI is InChI=1S/C13H18N2O2S3/c1-9-4-5-10(13(14)18)7-12(9)20(16,17)15-11-3-2-6-19-8-11/h4-5,7,11,15H,2-3,6,8H2,1H3,(H2,14,18). The fourth-order valence-electron chi connectivity index (χ4n) is 2.16. The van der Waals surface area contributed by atoms with E-state index in [9.17, 15) is 8.42 Å². The number of hydrogen-bond donors (Lipinski definition) is 2. The molecule has 3 N–H and O–H groups in total. The molecule has 7 heteroatoms. The first-order valence-electron chi connectivity index (χ1n) is 6.40. The number of thiocarbonyl (C=S) groups is 1. The Kier molecular flexibility index (Phi) is 5.06. The van der Waals surface area contributed by atoms with Crippen LogP contribution in [0, 0.1) is 6.92 Å². The van der Waals surface area contributed by atoms with Crippen LogP contribution < -0.4 is 10.5 Å². The lowest BCUT2D eigenvalue weighted by molar-refractivity contribution is 0.542. The summed E-state index contributed by atoms with van der Waals surface area (Å²) in [6.07, 6.45) is 1.93. The minimum absolute atomic E-state index is 0.00614. The summed E-state index contributed by atoms with van der Waals surface area (Å²) in [7, 11) is -3.53. The molecule has 20 heavy (non-hydrogen) atoms. The lowest BCUT2D eigenvalue weighted by atomic mass is 10.1. The van der Waals surface area contributed by atoms with Crippen molar-refractivity contribution in [3.05, 3.63) is 29.3 Å². The van der Waals surface area contributed by atoms with Crippen molar-refractivity contribution in [1.82, 2.24) is 4.72 Å². The second kappa shape index (κ2) is 6.43. The molecule has 2 rings (SSSR count). The van der Waals surface area contributed by atoms with Crippen LogP contribution in [0.25, 0.3) is 0 Å². The first kappa shape index (κ1) is 15.8. The number of benzene rings is 1. The van der Waals surface area contributed by atoms with E-state index in [1.807, 2.05) is 0 Å². The molecule has 4 nitrogen and oxygen atoms in total. The molecule has 0 aromatic heterocycles. The predicted octanol–water partition coefficient (Wildman–Crippen LogP) is 1.80. The smallest absolute Gasteiger partial charge is 0.241 e. The highest BCUT2D eigenvalue weighted by molar-refractivity contribution is 7.99. The number of nitrogens with two attached hydrogens (primary N) is 1. The summed E-state index contributed by atoms with van der Waals surface area (Å²) >= 11 is 6.69. The van der Waals surface area contributed by atoms with Gasteiger partial charge in [0.25, 0.3) is 0 Å². The minimum atomic E-state index is -3.53. The van der Waals surface area contributed by atoms with Crippen molar-refractivity contribution < 1.29 is 8.42 Å². The van der Waals surface area contributed by atoms with Gasteiger partial charge < -0.3 is 5.73 Å². The van der Waals surface area contributed by atoms with E-state index in [2.05, 4.69) is 4.72 Å². The van der Waals surface area contributed by atoms with E-state index in [0.29, 0.717) is 11.1 Å². The summed E-state index contributed by atoms with van der Waals surface area (Å²) in [6.45, 7) is 1.77. The van der Waals surface area contributed by atoms with Gasteiger partial charge in [0.1, 0.15) is 4.99 Å². The summed E-state index contributed by atoms with van der Waals surface area (Å²) in [5.41, 5.74) is 6.84. The molecule has 110 valence electrons. The average molecular weight is 331 g/mol. The fourth-order valence-corrected chi connectivity index (χ4v) is 5.00. The molecule has 0 spiro atoms. The van der Waals surface area contributed by atoms with E-state index in [1.54, 1.807) is 36.9 Å². The molecule has 0 amide bonds. The Morgan fingerprint density at radius 2 is 2.25 bits per heavy atom. The van der Waals surface area contributed by atoms with Gasteiger partial charge in [0, 0.05) is 17.4 Å². The van der Waals surface area contributed by atoms with Gasteiger partial charge in [-0.05, 0) is 37.1 Å². The maximum absolute atomic E-state index is 12.5. The van der Waals surface area contributed by atoms with Crippen LogP contribution in [-0.4, -0.2) is 31.0 Å². The lowest BCUT2D eigenvalue weighted by Crippen LogP contribution is -2.38. The van der Waals surface area contributed by atoms with Crippen molar-refractivity contribution in [2.24, 2.45) is 5.73 Å². The number of hydrogen-bond acceptors (Lipinski definition) is 4. The Bertz CT molecular complexity index is 608. The van der Waals surface area contributed by atoms with Crippen LogP contribution in [-0.2, 0) is 10.0 Å². The van der Waals surface area contributed by atoms with Gasteiger partial charge in [0.15, 0.2) is 0 Å². The van der Waals surface area contributed by atoms with Crippen molar-refractivity contribution in [1.29, 1.82) is 0 Å². The normalized spacial score (nSPS) is 19.8. The Labute approximate surface area is 129 Å². The summed E-state index contributed by atoms with van der Waals surface area (Å²) in [5.74, 6) is 1.93. The summed E-state index contributed by atoms with van der Waals surface area (Å²) in [6, 6.07) is 5.04. The Morgan fingerprint density at radius 3 is 2.85 bits per heavy atom. The van der Waals surface area contributed by atoms with Crippen LogP contribution in [0.5, 0.6) is 0 Å². The van der Waals surface area contributed by atoms with Crippen LogP contribution in [0.1, 0.15) is 24.0 Å². The van der Waals surface area contributed by atoms with E-state index in [1.165, 1.54) is 0 Å². The molecular formula is C13H18N2O2S3. The predicted molar refractivity (Wildman–Crippen MR) is 87.7 cm³/mol. The third-order valence-corrected chi connectivity index (χ3v) is 6.36. The molecule has 0 saturated carbocycles. The largest absolute Gasteiger partial charge is 0.389 e.